The summed E-state index contributed by atoms with van der Waals surface area (Å²) in [6.07, 6.45) is 0. The highest BCUT2D eigenvalue weighted by Gasteiger charge is 2.18. The van der Waals surface area contributed by atoms with E-state index in [-0.39, 0.29) is 10.9 Å². The van der Waals surface area contributed by atoms with E-state index >= 15 is 0 Å². The molecule has 1 atom stereocenters. The first-order chi connectivity index (χ1) is 11.0. The summed E-state index contributed by atoms with van der Waals surface area (Å²) < 4.78 is 27.7. The Hall–Kier alpha value is -2.17. The first kappa shape index (κ1) is 15.7. The first-order valence-electron chi connectivity index (χ1n) is 7.53. The third-order valence-corrected chi connectivity index (χ3v) is 5.49. The fourth-order valence-electron chi connectivity index (χ4n) is 2.56. The van der Waals surface area contributed by atoms with Gasteiger partial charge in [0.1, 0.15) is 0 Å². The maximum Gasteiger partial charge on any atom is 0.241 e. The van der Waals surface area contributed by atoms with Crippen LogP contribution >= 0.6 is 0 Å². The molecule has 0 amide bonds. The minimum Gasteiger partial charge on any atom is -0.207 e. The van der Waals surface area contributed by atoms with Gasteiger partial charge in [-0.25, -0.2) is 13.1 Å². The summed E-state index contributed by atoms with van der Waals surface area (Å²) >= 11 is 0. The third-order valence-electron chi connectivity index (χ3n) is 3.94. The van der Waals surface area contributed by atoms with Crippen molar-refractivity contribution < 1.29 is 8.42 Å². The van der Waals surface area contributed by atoms with Crippen molar-refractivity contribution in [1.29, 1.82) is 0 Å². The first-order valence-corrected chi connectivity index (χ1v) is 9.02. The quantitative estimate of drug-likeness (QED) is 0.782. The second-order valence-electron chi connectivity index (χ2n) is 5.76. The second-order valence-corrected chi connectivity index (χ2v) is 7.48. The number of benzene rings is 3. The molecule has 0 saturated carbocycles. The third kappa shape index (κ3) is 3.44. The van der Waals surface area contributed by atoms with E-state index in [0.717, 1.165) is 21.9 Å². The average Bonchev–Trinajstić information content (AvgIpc) is 2.54. The molecular formula is C19H19NO2S. The summed E-state index contributed by atoms with van der Waals surface area (Å²) in [7, 11) is -3.53. The lowest BCUT2D eigenvalue weighted by Gasteiger charge is -2.15. The second kappa shape index (κ2) is 6.14. The number of rotatable bonds is 4. The van der Waals surface area contributed by atoms with Crippen molar-refractivity contribution in [3.05, 3.63) is 77.9 Å². The highest BCUT2D eigenvalue weighted by Crippen LogP contribution is 2.22. The molecule has 0 fully saturated rings. The molecule has 0 aliphatic carbocycles. The molecule has 0 heterocycles. The Morgan fingerprint density at radius 1 is 0.870 bits per heavy atom. The van der Waals surface area contributed by atoms with Gasteiger partial charge in [-0.15, -0.1) is 0 Å². The molecule has 4 heteroatoms. The van der Waals surface area contributed by atoms with Gasteiger partial charge in [0.05, 0.1) is 4.90 Å². The van der Waals surface area contributed by atoms with Crippen LogP contribution in [0.5, 0.6) is 0 Å². The molecule has 3 rings (SSSR count). The van der Waals surface area contributed by atoms with E-state index in [1.807, 2.05) is 56.3 Å². The lowest BCUT2D eigenvalue weighted by atomic mass is 10.0. The Bertz CT molecular complexity index is 931. The summed E-state index contributed by atoms with van der Waals surface area (Å²) in [5.41, 5.74) is 1.98. The van der Waals surface area contributed by atoms with Gasteiger partial charge >= 0.3 is 0 Å². The van der Waals surface area contributed by atoms with Crippen molar-refractivity contribution in [3.8, 4) is 0 Å². The number of hydrogen-bond donors (Lipinski definition) is 1. The van der Waals surface area contributed by atoms with E-state index in [1.54, 1.807) is 24.3 Å². The number of nitrogens with one attached hydrogen (secondary N) is 1. The van der Waals surface area contributed by atoms with E-state index in [9.17, 15) is 8.42 Å². The van der Waals surface area contributed by atoms with Crippen molar-refractivity contribution in [1.82, 2.24) is 4.72 Å². The van der Waals surface area contributed by atoms with E-state index in [2.05, 4.69) is 4.72 Å². The fourth-order valence-corrected chi connectivity index (χ4v) is 3.80. The maximum atomic E-state index is 12.5. The molecule has 23 heavy (non-hydrogen) atoms. The summed E-state index contributed by atoms with van der Waals surface area (Å²) in [5, 5.41) is 2.25. The molecule has 118 valence electrons. The van der Waals surface area contributed by atoms with Crippen LogP contribution in [0.1, 0.15) is 24.1 Å². The van der Waals surface area contributed by atoms with Gasteiger partial charge in [-0.1, -0.05) is 54.1 Å². The normalized spacial score (nSPS) is 13.1. The smallest absolute Gasteiger partial charge is 0.207 e. The zero-order valence-electron chi connectivity index (χ0n) is 13.2. The van der Waals surface area contributed by atoms with Gasteiger partial charge in [0.2, 0.25) is 10.0 Å². The molecule has 0 aliphatic heterocycles. The molecule has 1 N–H and O–H groups in total. The summed E-state index contributed by atoms with van der Waals surface area (Å²) in [4.78, 5) is 0.288. The van der Waals surface area contributed by atoms with Crippen LogP contribution in [0.25, 0.3) is 10.8 Å². The number of hydrogen-bond acceptors (Lipinski definition) is 2. The van der Waals surface area contributed by atoms with E-state index in [1.165, 1.54) is 0 Å². The predicted octanol–water partition coefficient (Wildman–Crippen LogP) is 4.19. The zero-order chi connectivity index (χ0) is 16.4. The van der Waals surface area contributed by atoms with Crippen molar-refractivity contribution in [2.45, 2.75) is 24.8 Å². The van der Waals surface area contributed by atoms with Crippen LogP contribution in [0.4, 0.5) is 0 Å². The van der Waals surface area contributed by atoms with Crippen molar-refractivity contribution in [2.24, 2.45) is 0 Å². The zero-order valence-corrected chi connectivity index (χ0v) is 14.0. The average molecular weight is 325 g/mol. The lowest BCUT2D eigenvalue weighted by molar-refractivity contribution is 0.567. The molecule has 0 aliphatic rings. The topological polar surface area (TPSA) is 46.2 Å². The number of aryl methyl sites for hydroxylation is 1. The van der Waals surface area contributed by atoms with Gasteiger partial charge < -0.3 is 0 Å². The van der Waals surface area contributed by atoms with Gasteiger partial charge in [0, 0.05) is 6.04 Å². The molecule has 0 saturated heterocycles. The van der Waals surface area contributed by atoms with Crippen LogP contribution in [-0.2, 0) is 10.0 Å². The highest BCUT2D eigenvalue weighted by atomic mass is 32.2. The lowest BCUT2D eigenvalue weighted by Crippen LogP contribution is -2.26. The monoisotopic (exact) mass is 325 g/mol. The number of fused-ring (bicyclic) bond motifs is 1. The Labute approximate surface area is 137 Å². The van der Waals surface area contributed by atoms with Crippen molar-refractivity contribution in [3.63, 3.8) is 0 Å². The summed E-state index contributed by atoms with van der Waals surface area (Å²) in [6.45, 7) is 3.79. The molecule has 0 radical (unpaired) electrons. The van der Waals surface area contributed by atoms with Gasteiger partial charge in [-0.3, -0.25) is 0 Å². The minimum atomic E-state index is -3.53. The minimum absolute atomic E-state index is 0.288. The van der Waals surface area contributed by atoms with Crippen LogP contribution in [-0.4, -0.2) is 8.42 Å². The Morgan fingerprint density at radius 3 is 2.22 bits per heavy atom. The standard InChI is InChI=1S/C19H19NO2S/c1-14-7-11-19(12-8-14)23(21,22)20-15(2)17-10-9-16-5-3-4-6-18(16)13-17/h3-13,15,20H,1-2H3/t15-/m1/s1. The van der Waals surface area contributed by atoms with E-state index < -0.39 is 10.0 Å². The highest BCUT2D eigenvalue weighted by molar-refractivity contribution is 7.89. The molecule has 0 unspecified atom stereocenters. The molecule has 0 bridgehead atoms. The van der Waals surface area contributed by atoms with E-state index in [4.69, 9.17) is 0 Å². The Balaban J connectivity index is 1.87. The van der Waals surface area contributed by atoms with Crippen LogP contribution in [0.3, 0.4) is 0 Å². The molecule has 3 aromatic carbocycles. The van der Waals surface area contributed by atoms with Gasteiger partial charge in [0.15, 0.2) is 0 Å². The molecule has 0 spiro atoms. The molecule has 3 nitrogen and oxygen atoms in total. The van der Waals surface area contributed by atoms with Crippen molar-refractivity contribution >= 4 is 20.8 Å². The maximum absolute atomic E-state index is 12.5. The summed E-state index contributed by atoms with van der Waals surface area (Å²) in [6, 6.07) is 20.6. The molecular weight excluding hydrogens is 306 g/mol. The Morgan fingerprint density at radius 2 is 1.52 bits per heavy atom. The van der Waals surface area contributed by atoms with E-state index in [0.29, 0.717) is 0 Å². The fraction of sp³-hybridized carbons (Fsp3) is 0.158. The van der Waals surface area contributed by atoms with Crippen LogP contribution in [0.15, 0.2) is 71.6 Å². The molecule has 0 aromatic heterocycles. The van der Waals surface area contributed by atoms with Gasteiger partial charge in [-0.2, -0.15) is 0 Å². The Kier molecular flexibility index (Phi) is 4.20. The largest absolute Gasteiger partial charge is 0.241 e. The van der Waals surface area contributed by atoms with Crippen LogP contribution in [0.2, 0.25) is 0 Å². The molecule has 3 aromatic rings. The number of sulfonamides is 1. The van der Waals surface area contributed by atoms with Crippen LogP contribution < -0.4 is 4.72 Å². The van der Waals surface area contributed by atoms with Crippen LogP contribution in [0, 0.1) is 6.92 Å². The summed E-state index contributed by atoms with van der Waals surface area (Å²) in [5.74, 6) is 0. The van der Waals surface area contributed by atoms with Crippen molar-refractivity contribution in [2.75, 3.05) is 0 Å². The SMILES string of the molecule is Cc1ccc(S(=O)(=O)N[C@H](C)c2ccc3ccccc3c2)cc1. The van der Waals surface area contributed by atoms with Gasteiger partial charge in [-0.05, 0) is 48.4 Å². The predicted molar refractivity (Wildman–Crippen MR) is 93.9 cm³/mol. The van der Waals surface area contributed by atoms with Gasteiger partial charge in [0.25, 0.3) is 0 Å².